The number of halogens is 1. The summed E-state index contributed by atoms with van der Waals surface area (Å²) in [5.74, 6) is 0.755. The molecular formula is C22H26FN5. The Bertz CT molecular complexity index is 911. The molecule has 0 atom stereocenters. The quantitative estimate of drug-likeness (QED) is 0.672. The Morgan fingerprint density at radius 3 is 2.46 bits per heavy atom. The molecule has 146 valence electrons. The Morgan fingerprint density at radius 1 is 1.04 bits per heavy atom. The van der Waals surface area contributed by atoms with Gasteiger partial charge in [0.05, 0.1) is 6.20 Å². The van der Waals surface area contributed by atoms with Crippen LogP contribution in [0.1, 0.15) is 25.5 Å². The van der Waals surface area contributed by atoms with E-state index in [1.807, 2.05) is 35.3 Å². The standard InChI is InChI=1S/C22H26FN5/c1-17(2)28-16-18(14-25-28)15-26-10-12-27(13-11-26)22-21(4-3-9-24-22)19-5-7-20(23)8-6-19/h3-9,14,16-17H,10-13,15H2,1-2H3. The lowest BCUT2D eigenvalue weighted by atomic mass is 10.1. The first-order valence-electron chi connectivity index (χ1n) is 9.81. The Hall–Kier alpha value is -2.73. The number of benzene rings is 1. The van der Waals surface area contributed by atoms with E-state index >= 15 is 0 Å². The van der Waals surface area contributed by atoms with Gasteiger partial charge in [0, 0.05) is 62.3 Å². The summed E-state index contributed by atoms with van der Waals surface area (Å²) >= 11 is 0. The fourth-order valence-electron chi connectivity index (χ4n) is 3.62. The SMILES string of the molecule is CC(C)n1cc(CN2CCN(c3ncccc3-c3ccc(F)cc3)CC2)cn1. The molecule has 6 heteroatoms. The normalized spacial score (nSPS) is 15.4. The number of anilines is 1. The molecule has 1 fully saturated rings. The second-order valence-corrected chi connectivity index (χ2v) is 7.57. The van der Waals surface area contributed by atoms with Gasteiger partial charge >= 0.3 is 0 Å². The molecular weight excluding hydrogens is 353 g/mol. The number of piperazine rings is 1. The maximum absolute atomic E-state index is 13.3. The number of aromatic nitrogens is 3. The lowest BCUT2D eigenvalue weighted by molar-refractivity contribution is 0.249. The molecule has 4 rings (SSSR count). The van der Waals surface area contributed by atoms with E-state index < -0.39 is 0 Å². The van der Waals surface area contributed by atoms with Crippen LogP contribution in [0.25, 0.3) is 11.1 Å². The highest BCUT2D eigenvalue weighted by Crippen LogP contribution is 2.29. The Balaban J connectivity index is 1.43. The molecule has 0 N–H and O–H groups in total. The van der Waals surface area contributed by atoms with E-state index in [0.717, 1.165) is 49.7 Å². The molecule has 3 aromatic rings. The summed E-state index contributed by atoms with van der Waals surface area (Å²) in [6.07, 6.45) is 5.94. The molecule has 5 nitrogen and oxygen atoms in total. The zero-order valence-corrected chi connectivity index (χ0v) is 16.4. The van der Waals surface area contributed by atoms with Gasteiger partial charge in [-0.25, -0.2) is 9.37 Å². The summed E-state index contributed by atoms with van der Waals surface area (Å²) in [5.41, 5.74) is 3.30. The molecule has 1 saturated heterocycles. The van der Waals surface area contributed by atoms with Crippen molar-refractivity contribution in [3.63, 3.8) is 0 Å². The predicted molar refractivity (Wildman–Crippen MR) is 110 cm³/mol. The average Bonchev–Trinajstić information content (AvgIpc) is 3.18. The monoisotopic (exact) mass is 379 g/mol. The van der Waals surface area contributed by atoms with Gasteiger partial charge in [-0.3, -0.25) is 9.58 Å². The van der Waals surface area contributed by atoms with Crippen molar-refractivity contribution in [2.45, 2.75) is 26.4 Å². The Kier molecular flexibility index (Phi) is 5.39. The first-order chi connectivity index (χ1) is 13.6. The third kappa shape index (κ3) is 4.07. The van der Waals surface area contributed by atoms with Crippen LogP contribution in [0.5, 0.6) is 0 Å². The zero-order valence-electron chi connectivity index (χ0n) is 16.4. The minimum Gasteiger partial charge on any atom is -0.354 e. The second kappa shape index (κ2) is 8.10. The van der Waals surface area contributed by atoms with Crippen LogP contribution in [0, 0.1) is 5.82 Å². The van der Waals surface area contributed by atoms with Crippen molar-refractivity contribution in [1.29, 1.82) is 0 Å². The van der Waals surface area contributed by atoms with Crippen LogP contribution >= 0.6 is 0 Å². The molecule has 0 bridgehead atoms. The van der Waals surface area contributed by atoms with E-state index in [1.165, 1.54) is 17.7 Å². The number of hydrogen-bond acceptors (Lipinski definition) is 4. The number of rotatable bonds is 5. The molecule has 0 unspecified atom stereocenters. The van der Waals surface area contributed by atoms with E-state index in [1.54, 1.807) is 0 Å². The number of hydrogen-bond donors (Lipinski definition) is 0. The summed E-state index contributed by atoms with van der Waals surface area (Å²) in [4.78, 5) is 9.42. The third-order valence-corrected chi connectivity index (χ3v) is 5.20. The van der Waals surface area contributed by atoms with Crippen molar-refractivity contribution in [1.82, 2.24) is 19.7 Å². The predicted octanol–water partition coefficient (Wildman–Crippen LogP) is 3.99. The van der Waals surface area contributed by atoms with Crippen LogP contribution in [0.4, 0.5) is 10.2 Å². The highest BCUT2D eigenvalue weighted by atomic mass is 19.1. The van der Waals surface area contributed by atoms with Gasteiger partial charge in [-0.1, -0.05) is 12.1 Å². The van der Waals surface area contributed by atoms with Crippen molar-refractivity contribution in [2.24, 2.45) is 0 Å². The van der Waals surface area contributed by atoms with Crippen LogP contribution in [0.2, 0.25) is 0 Å². The van der Waals surface area contributed by atoms with E-state index in [4.69, 9.17) is 0 Å². The summed E-state index contributed by atoms with van der Waals surface area (Å²) in [6, 6.07) is 11.0. The molecule has 0 amide bonds. The van der Waals surface area contributed by atoms with E-state index in [2.05, 4.69) is 46.0 Å². The maximum Gasteiger partial charge on any atom is 0.136 e. The largest absolute Gasteiger partial charge is 0.354 e. The molecule has 3 heterocycles. The van der Waals surface area contributed by atoms with Crippen LogP contribution in [0.3, 0.4) is 0 Å². The molecule has 0 spiro atoms. The van der Waals surface area contributed by atoms with E-state index in [0.29, 0.717) is 6.04 Å². The van der Waals surface area contributed by atoms with Gasteiger partial charge in [0.2, 0.25) is 0 Å². The minimum atomic E-state index is -0.219. The van der Waals surface area contributed by atoms with Gasteiger partial charge in [-0.15, -0.1) is 0 Å². The summed E-state index contributed by atoms with van der Waals surface area (Å²) < 4.78 is 15.3. The van der Waals surface area contributed by atoms with Crippen molar-refractivity contribution in [3.05, 3.63) is 66.4 Å². The molecule has 0 aliphatic carbocycles. The fraction of sp³-hybridized carbons (Fsp3) is 0.364. The topological polar surface area (TPSA) is 37.2 Å². The fourth-order valence-corrected chi connectivity index (χ4v) is 3.62. The lowest BCUT2D eigenvalue weighted by Gasteiger charge is -2.36. The summed E-state index contributed by atoms with van der Waals surface area (Å²) in [7, 11) is 0. The Labute approximate surface area is 165 Å². The van der Waals surface area contributed by atoms with Crippen LogP contribution in [0.15, 0.2) is 55.0 Å². The first-order valence-corrected chi connectivity index (χ1v) is 9.81. The summed E-state index contributed by atoms with van der Waals surface area (Å²) in [6.45, 7) is 9.00. The molecule has 1 aromatic carbocycles. The van der Waals surface area contributed by atoms with Gasteiger partial charge in [-0.05, 0) is 43.7 Å². The molecule has 1 aliphatic rings. The molecule has 1 aliphatic heterocycles. The van der Waals surface area contributed by atoms with Crippen LogP contribution < -0.4 is 4.90 Å². The molecule has 0 radical (unpaired) electrons. The van der Waals surface area contributed by atoms with E-state index in [9.17, 15) is 4.39 Å². The van der Waals surface area contributed by atoms with Gasteiger partial charge in [-0.2, -0.15) is 5.10 Å². The van der Waals surface area contributed by atoms with Crippen LogP contribution in [-0.4, -0.2) is 45.8 Å². The minimum absolute atomic E-state index is 0.219. The smallest absolute Gasteiger partial charge is 0.136 e. The third-order valence-electron chi connectivity index (χ3n) is 5.20. The maximum atomic E-state index is 13.3. The highest BCUT2D eigenvalue weighted by Gasteiger charge is 2.21. The molecule has 28 heavy (non-hydrogen) atoms. The van der Waals surface area contributed by atoms with Gasteiger partial charge in [0.15, 0.2) is 0 Å². The second-order valence-electron chi connectivity index (χ2n) is 7.57. The number of pyridine rings is 1. The van der Waals surface area contributed by atoms with Crippen LogP contribution in [-0.2, 0) is 6.54 Å². The van der Waals surface area contributed by atoms with Crippen molar-refractivity contribution < 1.29 is 4.39 Å². The average molecular weight is 379 g/mol. The lowest BCUT2D eigenvalue weighted by Crippen LogP contribution is -2.46. The van der Waals surface area contributed by atoms with E-state index in [-0.39, 0.29) is 5.82 Å². The highest BCUT2D eigenvalue weighted by molar-refractivity contribution is 5.75. The zero-order chi connectivity index (χ0) is 19.5. The van der Waals surface area contributed by atoms with Crippen molar-refractivity contribution >= 4 is 5.82 Å². The van der Waals surface area contributed by atoms with Crippen molar-refractivity contribution in [2.75, 3.05) is 31.1 Å². The molecule has 2 aromatic heterocycles. The number of nitrogens with zero attached hydrogens (tertiary/aromatic N) is 5. The first kappa shape index (κ1) is 18.6. The summed E-state index contributed by atoms with van der Waals surface area (Å²) in [5, 5.41) is 4.44. The molecule has 0 saturated carbocycles. The van der Waals surface area contributed by atoms with Gasteiger partial charge in [0.1, 0.15) is 11.6 Å². The van der Waals surface area contributed by atoms with Gasteiger partial charge < -0.3 is 4.90 Å². The Morgan fingerprint density at radius 2 is 1.79 bits per heavy atom. The van der Waals surface area contributed by atoms with Crippen molar-refractivity contribution in [3.8, 4) is 11.1 Å². The van der Waals surface area contributed by atoms with Gasteiger partial charge in [0.25, 0.3) is 0 Å².